The number of amides is 1. The van der Waals surface area contributed by atoms with Gasteiger partial charge in [-0.25, -0.2) is 4.98 Å². The second kappa shape index (κ2) is 10.2. The molecule has 1 aliphatic rings. The summed E-state index contributed by atoms with van der Waals surface area (Å²) in [6, 6.07) is 13.9. The van der Waals surface area contributed by atoms with Crippen LogP contribution < -0.4 is 15.6 Å². The molecule has 33 heavy (non-hydrogen) atoms. The van der Waals surface area contributed by atoms with Crippen LogP contribution in [0.4, 0.5) is 5.69 Å². The Balaban J connectivity index is 1.38. The van der Waals surface area contributed by atoms with E-state index in [0.717, 1.165) is 40.4 Å². The summed E-state index contributed by atoms with van der Waals surface area (Å²) in [5, 5.41) is 3.39. The molecule has 3 aromatic rings. The number of para-hydroxylation sites is 1. The first-order valence-electron chi connectivity index (χ1n) is 10.9. The van der Waals surface area contributed by atoms with Crippen LogP contribution in [-0.4, -0.2) is 40.2 Å². The highest BCUT2D eigenvalue weighted by Crippen LogP contribution is 2.23. The number of benzene rings is 2. The van der Waals surface area contributed by atoms with Crippen LogP contribution >= 0.6 is 11.8 Å². The molecule has 0 unspecified atom stereocenters. The quantitative estimate of drug-likeness (QED) is 0.410. The third-order valence-electron chi connectivity index (χ3n) is 5.56. The second-order valence-electron chi connectivity index (χ2n) is 8.28. The summed E-state index contributed by atoms with van der Waals surface area (Å²) < 4.78 is 5.45. The first-order chi connectivity index (χ1) is 15.9. The highest BCUT2D eigenvalue weighted by atomic mass is 32.2. The summed E-state index contributed by atoms with van der Waals surface area (Å²) in [5.41, 5.74) is 5.43. The van der Waals surface area contributed by atoms with Crippen molar-refractivity contribution in [2.24, 2.45) is 0 Å². The van der Waals surface area contributed by atoms with E-state index in [1.54, 1.807) is 7.11 Å². The fraction of sp³-hybridized carbons (Fsp3) is 0.320. The van der Waals surface area contributed by atoms with Crippen molar-refractivity contribution >= 4 is 23.4 Å². The number of thioether (sulfide) groups is 1. The topological polar surface area (TPSA) is 87.3 Å². The van der Waals surface area contributed by atoms with Crippen molar-refractivity contribution in [3.8, 4) is 5.75 Å². The molecule has 2 N–H and O–H groups in total. The van der Waals surface area contributed by atoms with Gasteiger partial charge in [-0.1, -0.05) is 36.0 Å². The van der Waals surface area contributed by atoms with Gasteiger partial charge < -0.3 is 15.0 Å². The van der Waals surface area contributed by atoms with Crippen molar-refractivity contribution in [1.29, 1.82) is 0 Å². The maximum Gasteiger partial charge on any atom is 0.256 e. The number of aryl methyl sites for hydroxylation is 2. The SMILES string of the molecule is COc1ccccc1CN1CCc2nc(SCC(=O)Nc3cc(C)cc(C)c3)[nH]c(=O)c2C1. The molecule has 1 aromatic heterocycles. The largest absolute Gasteiger partial charge is 0.496 e. The molecule has 0 bridgehead atoms. The number of methoxy groups -OCH3 is 1. The minimum absolute atomic E-state index is 0.131. The molecule has 4 rings (SSSR count). The Morgan fingerprint density at radius 3 is 2.73 bits per heavy atom. The van der Waals surface area contributed by atoms with E-state index in [4.69, 9.17) is 4.74 Å². The smallest absolute Gasteiger partial charge is 0.256 e. The molecule has 172 valence electrons. The number of fused-ring (bicyclic) bond motifs is 1. The van der Waals surface area contributed by atoms with Crippen LogP contribution in [-0.2, 0) is 24.3 Å². The number of H-pyrrole nitrogens is 1. The summed E-state index contributed by atoms with van der Waals surface area (Å²) in [7, 11) is 1.67. The number of aromatic amines is 1. The number of anilines is 1. The number of hydrogen-bond acceptors (Lipinski definition) is 6. The zero-order valence-electron chi connectivity index (χ0n) is 19.1. The van der Waals surface area contributed by atoms with Crippen molar-refractivity contribution in [2.45, 2.75) is 38.5 Å². The Morgan fingerprint density at radius 2 is 1.97 bits per heavy atom. The minimum Gasteiger partial charge on any atom is -0.496 e. The van der Waals surface area contributed by atoms with E-state index in [2.05, 4.69) is 26.3 Å². The molecule has 8 heteroatoms. The van der Waals surface area contributed by atoms with Gasteiger partial charge in [0.1, 0.15) is 5.75 Å². The summed E-state index contributed by atoms with van der Waals surface area (Å²) in [5.74, 6) is 0.892. The molecule has 0 spiro atoms. The Hall–Kier alpha value is -3.10. The minimum atomic E-state index is -0.137. The van der Waals surface area contributed by atoms with Crippen LogP contribution in [0.2, 0.25) is 0 Å². The van der Waals surface area contributed by atoms with Gasteiger partial charge in [0.2, 0.25) is 5.91 Å². The van der Waals surface area contributed by atoms with Crippen LogP contribution in [0.3, 0.4) is 0 Å². The van der Waals surface area contributed by atoms with Crippen LogP contribution in [0.1, 0.15) is 27.9 Å². The van der Waals surface area contributed by atoms with Crippen molar-refractivity contribution in [3.63, 3.8) is 0 Å². The van der Waals surface area contributed by atoms with Crippen LogP contribution in [0.25, 0.3) is 0 Å². The number of carbonyl (C=O) groups is 1. The number of aromatic nitrogens is 2. The average molecular weight is 465 g/mol. The highest BCUT2D eigenvalue weighted by Gasteiger charge is 2.22. The molecule has 1 aliphatic heterocycles. The number of nitrogens with one attached hydrogen (secondary N) is 2. The molecule has 0 saturated heterocycles. The summed E-state index contributed by atoms with van der Waals surface area (Å²) in [6.07, 6.45) is 0.691. The maximum atomic E-state index is 12.8. The zero-order chi connectivity index (χ0) is 23.4. The molecule has 2 heterocycles. The second-order valence-corrected chi connectivity index (χ2v) is 9.25. The van der Waals surface area contributed by atoms with Gasteiger partial charge in [-0.15, -0.1) is 0 Å². The molecular formula is C25H28N4O3S. The Bertz CT molecular complexity index is 1200. The standard InChI is InChI=1S/C25H28N4O3S/c1-16-10-17(2)12-19(11-16)26-23(30)15-33-25-27-21-8-9-29(14-20(21)24(31)28-25)13-18-6-4-5-7-22(18)32-3/h4-7,10-12H,8-9,13-15H2,1-3H3,(H,26,30)(H,27,28,31). The van der Waals surface area contributed by atoms with Crippen molar-refractivity contribution in [2.75, 3.05) is 24.7 Å². The molecular weight excluding hydrogens is 436 g/mol. The first-order valence-corrected chi connectivity index (χ1v) is 11.9. The van der Waals surface area contributed by atoms with E-state index in [-0.39, 0.29) is 17.2 Å². The lowest BCUT2D eigenvalue weighted by atomic mass is 10.1. The number of nitrogens with zero attached hydrogens (tertiary/aromatic N) is 2. The van der Waals surface area contributed by atoms with Crippen molar-refractivity contribution in [3.05, 3.63) is 80.8 Å². The predicted octanol–water partition coefficient (Wildman–Crippen LogP) is 3.68. The van der Waals surface area contributed by atoms with Crippen LogP contribution in [0.15, 0.2) is 52.4 Å². The van der Waals surface area contributed by atoms with E-state index >= 15 is 0 Å². The number of rotatable bonds is 7. The number of hydrogen-bond donors (Lipinski definition) is 2. The molecule has 2 aromatic carbocycles. The van der Waals surface area contributed by atoms with E-state index < -0.39 is 0 Å². The van der Waals surface area contributed by atoms with Crippen molar-refractivity contribution in [1.82, 2.24) is 14.9 Å². The van der Waals surface area contributed by atoms with E-state index in [1.807, 2.05) is 50.2 Å². The number of carbonyl (C=O) groups excluding carboxylic acids is 1. The molecule has 0 aliphatic carbocycles. The summed E-state index contributed by atoms with van der Waals surface area (Å²) >= 11 is 1.24. The fourth-order valence-corrected chi connectivity index (χ4v) is 4.79. The van der Waals surface area contributed by atoms with E-state index in [9.17, 15) is 9.59 Å². The van der Waals surface area contributed by atoms with Gasteiger partial charge in [-0.2, -0.15) is 0 Å². The Morgan fingerprint density at radius 1 is 1.21 bits per heavy atom. The van der Waals surface area contributed by atoms with Gasteiger partial charge in [-0.05, 0) is 43.2 Å². The summed E-state index contributed by atoms with van der Waals surface area (Å²) in [6.45, 7) is 6.04. The van der Waals surface area contributed by atoms with Gasteiger partial charge in [0.05, 0.1) is 24.1 Å². The third kappa shape index (κ3) is 5.83. The van der Waals surface area contributed by atoms with Gasteiger partial charge >= 0.3 is 0 Å². The molecule has 1 amide bonds. The van der Waals surface area contributed by atoms with Gasteiger partial charge in [-0.3, -0.25) is 14.5 Å². The Labute approximate surface area is 197 Å². The molecule has 0 saturated carbocycles. The highest BCUT2D eigenvalue weighted by molar-refractivity contribution is 7.99. The lowest BCUT2D eigenvalue weighted by Gasteiger charge is -2.28. The van der Waals surface area contributed by atoms with Gasteiger partial charge in [0.15, 0.2) is 5.16 Å². The van der Waals surface area contributed by atoms with Crippen LogP contribution in [0.5, 0.6) is 5.75 Å². The number of ether oxygens (including phenoxy) is 1. The predicted molar refractivity (Wildman–Crippen MR) is 131 cm³/mol. The van der Waals surface area contributed by atoms with Gasteiger partial charge in [0, 0.05) is 37.3 Å². The normalized spacial score (nSPS) is 13.4. The average Bonchev–Trinajstić information content (AvgIpc) is 2.78. The molecule has 0 radical (unpaired) electrons. The summed E-state index contributed by atoms with van der Waals surface area (Å²) in [4.78, 5) is 34.8. The Kier molecular flexibility index (Phi) is 7.15. The van der Waals surface area contributed by atoms with Crippen molar-refractivity contribution < 1.29 is 9.53 Å². The lowest BCUT2D eigenvalue weighted by Crippen LogP contribution is -2.35. The van der Waals surface area contributed by atoms with Crippen LogP contribution in [0, 0.1) is 13.8 Å². The zero-order valence-corrected chi connectivity index (χ0v) is 19.9. The van der Waals surface area contributed by atoms with E-state index in [0.29, 0.717) is 30.2 Å². The van der Waals surface area contributed by atoms with Gasteiger partial charge in [0.25, 0.3) is 5.56 Å². The molecule has 0 fully saturated rings. The third-order valence-corrected chi connectivity index (χ3v) is 6.43. The molecule has 7 nitrogen and oxygen atoms in total. The molecule has 0 atom stereocenters. The first kappa shape index (κ1) is 23.1. The lowest BCUT2D eigenvalue weighted by molar-refractivity contribution is -0.113. The van der Waals surface area contributed by atoms with E-state index in [1.165, 1.54) is 11.8 Å². The fourth-order valence-electron chi connectivity index (χ4n) is 4.11. The monoisotopic (exact) mass is 464 g/mol. The maximum absolute atomic E-state index is 12.8.